The molecule has 8 nitrogen and oxygen atoms in total. The number of amides is 1. The predicted molar refractivity (Wildman–Crippen MR) is 159 cm³/mol. The van der Waals surface area contributed by atoms with E-state index in [4.69, 9.17) is 4.74 Å². The number of hydrogen-bond acceptors (Lipinski definition) is 8. The van der Waals surface area contributed by atoms with Crippen molar-refractivity contribution >= 4 is 33.1 Å². The Bertz CT molecular complexity index is 1750. The highest BCUT2D eigenvalue weighted by Gasteiger charge is 2.34. The summed E-state index contributed by atoms with van der Waals surface area (Å²) in [4.78, 5) is 30.5. The average molecular weight is 605 g/mol. The number of thiophene rings is 1. The van der Waals surface area contributed by atoms with Gasteiger partial charge in [0.15, 0.2) is 5.82 Å². The van der Waals surface area contributed by atoms with Gasteiger partial charge in [0, 0.05) is 61.9 Å². The van der Waals surface area contributed by atoms with Crippen LogP contribution < -0.4 is 10.1 Å². The summed E-state index contributed by atoms with van der Waals surface area (Å²) in [5.41, 5.74) is 1.19. The van der Waals surface area contributed by atoms with Gasteiger partial charge in [-0.1, -0.05) is 12.1 Å². The summed E-state index contributed by atoms with van der Waals surface area (Å²) in [5.74, 6) is 0.580. The Morgan fingerprint density at radius 3 is 2.56 bits per heavy atom. The van der Waals surface area contributed by atoms with Crippen LogP contribution in [0.4, 0.5) is 18.9 Å². The van der Waals surface area contributed by atoms with Gasteiger partial charge < -0.3 is 15.0 Å². The molecule has 2 aromatic carbocycles. The summed E-state index contributed by atoms with van der Waals surface area (Å²) in [6.45, 7) is 3.20. The highest BCUT2D eigenvalue weighted by atomic mass is 32.1. The molecular weight excluding hydrogens is 577 g/mol. The zero-order valence-corrected chi connectivity index (χ0v) is 24.0. The molecule has 220 valence electrons. The van der Waals surface area contributed by atoms with Gasteiger partial charge in [0.2, 0.25) is 5.88 Å². The molecule has 1 N–H and O–H groups in total. The number of aromatic nitrogens is 3. The first-order valence-corrected chi connectivity index (χ1v) is 14.5. The molecule has 0 atom stereocenters. The predicted octanol–water partition coefficient (Wildman–Crippen LogP) is 6.56. The maximum absolute atomic E-state index is 14.0. The van der Waals surface area contributed by atoms with Crippen LogP contribution in [0, 0.1) is 0 Å². The van der Waals surface area contributed by atoms with E-state index in [0.717, 1.165) is 29.4 Å². The quantitative estimate of drug-likeness (QED) is 0.225. The number of hydrogen-bond donors (Lipinski definition) is 1. The van der Waals surface area contributed by atoms with E-state index in [1.54, 1.807) is 42.7 Å². The lowest BCUT2D eigenvalue weighted by molar-refractivity contribution is -0.138. The lowest BCUT2D eigenvalue weighted by atomic mass is 10.0. The molecule has 1 saturated heterocycles. The molecule has 3 aromatic heterocycles. The normalized spacial score (nSPS) is 14.6. The Morgan fingerprint density at radius 2 is 1.79 bits per heavy atom. The molecular formula is C31H27F3N6O2S. The van der Waals surface area contributed by atoms with E-state index >= 15 is 0 Å². The lowest BCUT2D eigenvalue weighted by Gasteiger charge is -2.33. The Morgan fingerprint density at radius 1 is 1.00 bits per heavy atom. The molecule has 0 aliphatic carbocycles. The minimum Gasteiger partial charge on any atom is -0.437 e. The van der Waals surface area contributed by atoms with Gasteiger partial charge in [-0.05, 0) is 66.5 Å². The topological polar surface area (TPSA) is 83.5 Å². The summed E-state index contributed by atoms with van der Waals surface area (Å²) in [6, 6.07) is 15.8. The van der Waals surface area contributed by atoms with Crippen molar-refractivity contribution in [2.24, 2.45) is 0 Å². The second kappa shape index (κ2) is 12.1. The van der Waals surface area contributed by atoms with Gasteiger partial charge >= 0.3 is 6.18 Å². The van der Waals surface area contributed by atoms with Gasteiger partial charge in [-0.15, -0.1) is 11.3 Å². The highest BCUT2D eigenvalue weighted by Crippen LogP contribution is 2.36. The van der Waals surface area contributed by atoms with Crippen molar-refractivity contribution in [1.29, 1.82) is 0 Å². The van der Waals surface area contributed by atoms with Crippen LogP contribution in [-0.2, 0) is 12.7 Å². The summed E-state index contributed by atoms with van der Waals surface area (Å²) in [5, 5.41) is 4.50. The number of fused-ring (bicyclic) bond motifs is 1. The third-order valence-electron chi connectivity index (χ3n) is 7.18. The van der Waals surface area contributed by atoms with E-state index in [1.807, 2.05) is 23.4 Å². The first kappa shape index (κ1) is 28.7. The van der Waals surface area contributed by atoms with Gasteiger partial charge in [0.05, 0.1) is 11.1 Å². The van der Waals surface area contributed by atoms with Crippen molar-refractivity contribution in [3.8, 4) is 23.0 Å². The number of carbonyl (C=O) groups is 1. The van der Waals surface area contributed by atoms with Crippen LogP contribution in [0.1, 0.15) is 21.5 Å². The summed E-state index contributed by atoms with van der Waals surface area (Å²) >= 11 is 1.43. The molecule has 0 saturated carbocycles. The molecule has 0 radical (unpaired) electrons. The van der Waals surface area contributed by atoms with Crippen LogP contribution in [-0.4, -0.2) is 63.9 Å². The van der Waals surface area contributed by atoms with E-state index in [-0.39, 0.29) is 23.4 Å². The number of nitrogens with one attached hydrogen (secondary N) is 1. The minimum atomic E-state index is -4.56. The number of anilines is 1. The van der Waals surface area contributed by atoms with Crippen molar-refractivity contribution in [3.05, 3.63) is 95.1 Å². The number of piperazine rings is 1. The molecule has 0 unspecified atom stereocenters. The number of carbonyl (C=O) groups excluding carboxylic acids is 1. The fraction of sp³-hybridized carbons (Fsp3) is 0.226. The minimum absolute atomic E-state index is 0.0591. The van der Waals surface area contributed by atoms with Crippen molar-refractivity contribution in [2.75, 3.05) is 38.5 Å². The van der Waals surface area contributed by atoms with E-state index in [2.05, 4.69) is 25.2 Å². The van der Waals surface area contributed by atoms with Crippen LogP contribution >= 0.6 is 11.3 Å². The number of halogens is 3. The second-order valence-electron chi connectivity index (χ2n) is 10.3. The molecule has 0 spiro atoms. The van der Waals surface area contributed by atoms with E-state index in [0.29, 0.717) is 36.1 Å². The van der Waals surface area contributed by atoms with Crippen molar-refractivity contribution in [1.82, 2.24) is 24.8 Å². The number of benzene rings is 2. The van der Waals surface area contributed by atoms with Gasteiger partial charge in [-0.25, -0.2) is 4.98 Å². The van der Waals surface area contributed by atoms with Crippen LogP contribution in [0.3, 0.4) is 0 Å². The fourth-order valence-corrected chi connectivity index (χ4v) is 5.61. The van der Waals surface area contributed by atoms with E-state index in [9.17, 15) is 18.0 Å². The third kappa shape index (κ3) is 6.66. The highest BCUT2D eigenvalue weighted by molar-refractivity contribution is 7.17. The third-order valence-corrected chi connectivity index (χ3v) is 8.08. The molecule has 4 heterocycles. The van der Waals surface area contributed by atoms with Gasteiger partial charge in [0.1, 0.15) is 10.4 Å². The molecule has 0 bridgehead atoms. The number of rotatable bonds is 7. The Balaban J connectivity index is 1.21. The number of ether oxygens (including phenoxy) is 1. The number of pyridine rings is 1. The molecule has 12 heteroatoms. The zero-order chi connectivity index (χ0) is 30.0. The molecule has 5 aromatic rings. The molecule has 1 aliphatic heterocycles. The Kier molecular flexibility index (Phi) is 8.06. The maximum Gasteiger partial charge on any atom is 0.416 e. The summed E-state index contributed by atoms with van der Waals surface area (Å²) in [7, 11) is 2.00. The van der Waals surface area contributed by atoms with Gasteiger partial charge in [-0.2, -0.15) is 18.2 Å². The zero-order valence-electron chi connectivity index (χ0n) is 23.1. The first-order chi connectivity index (χ1) is 20.7. The van der Waals surface area contributed by atoms with E-state index < -0.39 is 17.6 Å². The van der Waals surface area contributed by atoms with Crippen LogP contribution in [0.25, 0.3) is 21.6 Å². The fourth-order valence-electron chi connectivity index (χ4n) is 4.85. The van der Waals surface area contributed by atoms with Crippen molar-refractivity contribution in [3.63, 3.8) is 0 Å². The van der Waals surface area contributed by atoms with Crippen LogP contribution in [0.15, 0.2) is 78.4 Å². The Labute approximate surface area is 249 Å². The van der Waals surface area contributed by atoms with E-state index in [1.165, 1.54) is 29.5 Å². The number of nitrogens with zero attached hydrogens (tertiary/aromatic N) is 5. The molecule has 1 amide bonds. The van der Waals surface area contributed by atoms with Gasteiger partial charge in [-0.3, -0.25) is 14.7 Å². The maximum atomic E-state index is 14.0. The van der Waals surface area contributed by atoms with Gasteiger partial charge in [0.25, 0.3) is 5.91 Å². The van der Waals surface area contributed by atoms with Crippen molar-refractivity contribution < 1.29 is 22.7 Å². The lowest BCUT2D eigenvalue weighted by Crippen LogP contribution is -2.44. The summed E-state index contributed by atoms with van der Waals surface area (Å²) < 4.78 is 48.9. The Hall–Kier alpha value is -4.39. The van der Waals surface area contributed by atoms with Crippen LogP contribution in [0.5, 0.6) is 11.6 Å². The summed E-state index contributed by atoms with van der Waals surface area (Å²) in [6.07, 6.45) is -1.26. The molecule has 1 fully saturated rings. The number of alkyl halides is 3. The number of likely N-dealkylation sites (N-methyl/N-ethyl adjacent to an activating group) is 1. The molecule has 1 aliphatic rings. The van der Waals surface area contributed by atoms with Crippen molar-refractivity contribution in [2.45, 2.75) is 12.7 Å². The monoisotopic (exact) mass is 604 g/mol. The standard InChI is InChI=1S/C31H27F3N6O2S/c1-39-12-14-40(15-13-39)19-22-5-6-23(18-25(22)31(32,33)34)36-29(41)21-3-2-4-24(17-21)42-30-27-26(9-16-43-27)37-28(38-30)20-7-10-35-11-8-20/h2-11,16-18H,12-15,19H2,1H3,(H,36,41). The first-order valence-electron chi connectivity index (χ1n) is 13.6. The molecule has 43 heavy (non-hydrogen) atoms. The SMILES string of the molecule is CN1CCN(Cc2ccc(NC(=O)c3cccc(Oc4nc(-c5ccncc5)nc5ccsc45)c3)cc2C(F)(F)F)CC1. The smallest absolute Gasteiger partial charge is 0.416 e. The largest absolute Gasteiger partial charge is 0.437 e. The average Bonchev–Trinajstić information content (AvgIpc) is 3.48. The molecule has 6 rings (SSSR count). The van der Waals surface area contributed by atoms with Crippen LogP contribution in [0.2, 0.25) is 0 Å². The second-order valence-corrected chi connectivity index (χ2v) is 11.2.